The Labute approximate surface area is 134 Å². The van der Waals surface area contributed by atoms with Crippen molar-refractivity contribution < 1.29 is 36.6 Å². The van der Waals surface area contributed by atoms with Crippen LogP contribution in [0.15, 0.2) is 24.3 Å². The third kappa shape index (κ3) is 6.13. The molecule has 0 aliphatic rings. The molecule has 2 unspecified atom stereocenters. The lowest BCUT2D eigenvalue weighted by molar-refractivity contribution is -0.143. The van der Waals surface area contributed by atoms with Crippen LogP contribution in [-0.2, 0) is 22.2 Å². The molecule has 134 valence electrons. The minimum atomic E-state index is -4.52. The summed E-state index contributed by atoms with van der Waals surface area (Å²) in [6.45, 7) is 1.37. The number of benzene rings is 1. The Morgan fingerprint density at radius 2 is 1.88 bits per heavy atom. The van der Waals surface area contributed by atoms with Crippen LogP contribution in [0.25, 0.3) is 0 Å². The molecule has 0 saturated heterocycles. The molecule has 0 bridgehead atoms. The zero-order chi connectivity index (χ0) is 18.5. The number of halogens is 5. The van der Waals surface area contributed by atoms with Crippen molar-refractivity contribution in [2.24, 2.45) is 5.92 Å². The van der Waals surface area contributed by atoms with E-state index >= 15 is 0 Å². The highest BCUT2D eigenvalue weighted by Gasteiger charge is 2.31. The number of hydrogen-bond acceptors (Lipinski definition) is 2. The average molecular weight is 353 g/mol. The van der Waals surface area contributed by atoms with Crippen molar-refractivity contribution in [1.29, 1.82) is 0 Å². The first-order chi connectivity index (χ1) is 11.0. The highest BCUT2D eigenvalue weighted by Crippen LogP contribution is 2.30. The Morgan fingerprint density at radius 3 is 2.38 bits per heavy atom. The van der Waals surface area contributed by atoms with Gasteiger partial charge in [-0.1, -0.05) is 25.1 Å². The first kappa shape index (κ1) is 19.9. The van der Waals surface area contributed by atoms with Crippen LogP contribution in [0.4, 0.5) is 22.0 Å². The first-order valence-electron chi connectivity index (χ1n) is 6.98. The molecule has 0 heterocycles. The van der Waals surface area contributed by atoms with Crippen molar-refractivity contribution in [1.82, 2.24) is 5.32 Å². The van der Waals surface area contributed by atoms with Crippen molar-refractivity contribution in [2.45, 2.75) is 38.4 Å². The summed E-state index contributed by atoms with van der Waals surface area (Å²) in [5.41, 5.74) is -0.637. The molecule has 1 rings (SSSR count). The predicted octanol–water partition coefficient (Wildman–Crippen LogP) is 3.11. The molecule has 2 N–H and O–H groups in total. The standard InChI is InChI=1S/C15H16F5NO3/c1-8(13(22)21-11(14(23)24)7-12(16)17)5-9-3-2-4-10(6-9)15(18,19)20/h2-4,6,8,11-12H,5,7H2,1H3,(H,21,22)(H,23,24). The SMILES string of the molecule is CC(Cc1cccc(C(F)(F)F)c1)C(=O)NC(CC(F)F)C(=O)O. The lowest BCUT2D eigenvalue weighted by atomic mass is 9.98. The van der Waals surface area contributed by atoms with Crippen LogP contribution in [0.5, 0.6) is 0 Å². The van der Waals surface area contributed by atoms with Crippen molar-refractivity contribution in [3.05, 3.63) is 35.4 Å². The van der Waals surface area contributed by atoms with Gasteiger partial charge in [-0.2, -0.15) is 13.2 Å². The van der Waals surface area contributed by atoms with Crippen LogP contribution < -0.4 is 5.32 Å². The minimum absolute atomic E-state index is 0.0865. The molecular formula is C15H16F5NO3. The second-order valence-electron chi connectivity index (χ2n) is 5.33. The molecule has 4 nitrogen and oxygen atoms in total. The number of amides is 1. The number of carboxylic acids is 1. The Balaban J connectivity index is 2.75. The summed E-state index contributed by atoms with van der Waals surface area (Å²) >= 11 is 0. The molecule has 0 aromatic heterocycles. The molecule has 0 aliphatic carbocycles. The summed E-state index contributed by atoms with van der Waals surface area (Å²) in [5, 5.41) is 10.8. The number of carbonyl (C=O) groups is 2. The maximum Gasteiger partial charge on any atom is 0.416 e. The molecule has 9 heteroatoms. The summed E-state index contributed by atoms with van der Waals surface area (Å²) < 4.78 is 62.4. The minimum Gasteiger partial charge on any atom is -0.480 e. The number of rotatable bonds is 7. The number of hydrogen-bond donors (Lipinski definition) is 2. The van der Waals surface area contributed by atoms with Crippen LogP contribution in [0.2, 0.25) is 0 Å². The van der Waals surface area contributed by atoms with Crippen LogP contribution in [0.3, 0.4) is 0 Å². The topological polar surface area (TPSA) is 66.4 Å². The predicted molar refractivity (Wildman–Crippen MR) is 74.5 cm³/mol. The largest absolute Gasteiger partial charge is 0.480 e. The molecule has 0 radical (unpaired) electrons. The third-order valence-corrected chi connectivity index (χ3v) is 3.27. The Bertz CT molecular complexity index is 589. The van der Waals surface area contributed by atoms with Crippen molar-refractivity contribution >= 4 is 11.9 Å². The Kier molecular flexibility index (Phi) is 6.68. The van der Waals surface area contributed by atoms with E-state index in [4.69, 9.17) is 5.11 Å². The number of alkyl halides is 5. The van der Waals surface area contributed by atoms with E-state index in [2.05, 4.69) is 0 Å². The van der Waals surface area contributed by atoms with Gasteiger partial charge in [0.25, 0.3) is 0 Å². The van der Waals surface area contributed by atoms with Crippen molar-refractivity contribution in [2.75, 3.05) is 0 Å². The molecule has 0 aliphatic heterocycles. The van der Waals surface area contributed by atoms with Gasteiger partial charge >= 0.3 is 12.1 Å². The quantitative estimate of drug-likeness (QED) is 0.741. The Morgan fingerprint density at radius 1 is 1.25 bits per heavy atom. The molecular weight excluding hydrogens is 337 g/mol. The van der Waals surface area contributed by atoms with Crippen LogP contribution in [0.1, 0.15) is 24.5 Å². The third-order valence-electron chi connectivity index (χ3n) is 3.27. The fraction of sp³-hybridized carbons (Fsp3) is 0.467. The molecule has 0 spiro atoms. The fourth-order valence-electron chi connectivity index (χ4n) is 2.03. The number of aliphatic carboxylic acids is 1. The van der Waals surface area contributed by atoms with Gasteiger partial charge in [0.05, 0.1) is 5.56 Å². The number of nitrogens with one attached hydrogen (secondary N) is 1. The summed E-state index contributed by atoms with van der Waals surface area (Å²) in [4.78, 5) is 22.7. The average Bonchev–Trinajstić information content (AvgIpc) is 2.45. The maximum atomic E-state index is 12.6. The van der Waals surface area contributed by atoms with Crippen LogP contribution >= 0.6 is 0 Å². The van der Waals surface area contributed by atoms with Gasteiger partial charge in [-0.25, -0.2) is 13.6 Å². The van der Waals surface area contributed by atoms with E-state index in [1.54, 1.807) is 0 Å². The normalized spacial score (nSPS) is 14.3. The maximum absolute atomic E-state index is 12.6. The molecule has 24 heavy (non-hydrogen) atoms. The van der Waals surface area contributed by atoms with E-state index in [1.165, 1.54) is 19.1 Å². The van der Waals surface area contributed by atoms with Gasteiger partial charge in [-0.05, 0) is 18.1 Å². The lowest BCUT2D eigenvalue weighted by Crippen LogP contribution is -2.44. The number of carboxylic acid groups (broad SMARTS) is 1. The fourth-order valence-corrected chi connectivity index (χ4v) is 2.03. The summed E-state index contributed by atoms with van der Waals surface area (Å²) in [5.74, 6) is -3.30. The summed E-state index contributed by atoms with van der Waals surface area (Å²) in [6, 6.07) is 2.61. The molecule has 0 saturated carbocycles. The monoisotopic (exact) mass is 353 g/mol. The van der Waals surface area contributed by atoms with Crippen molar-refractivity contribution in [3.8, 4) is 0 Å². The Hall–Kier alpha value is -2.19. The van der Waals surface area contributed by atoms with Gasteiger partial charge in [0.15, 0.2) is 0 Å². The van der Waals surface area contributed by atoms with Crippen LogP contribution in [-0.4, -0.2) is 29.5 Å². The zero-order valence-electron chi connectivity index (χ0n) is 12.6. The second-order valence-corrected chi connectivity index (χ2v) is 5.33. The summed E-state index contributed by atoms with van der Waals surface area (Å²) in [7, 11) is 0. The highest BCUT2D eigenvalue weighted by molar-refractivity contribution is 5.84. The van der Waals surface area contributed by atoms with E-state index < -0.39 is 48.4 Å². The number of carbonyl (C=O) groups excluding carboxylic acids is 1. The molecule has 0 fully saturated rings. The molecule has 1 aromatic carbocycles. The van der Waals surface area contributed by atoms with Crippen molar-refractivity contribution in [3.63, 3.8) is 0 Å². The van der Waals surface area contributed by atoms with Crippen LogP contribution in [0, 0.1) is 5.92 Å². The van der Waals surface area contributed by atoms with Gasteiger partial charge in [-0.3, -0.25) is 4.79 Å². The molecule has 1 aromatic rings. The van der Waals surface area contributed by atoms with E-state index in [1.807, 2.05) is 5.32 Å². The molecule has 1 amide bonds. The van der Waals surface area contributed by atoms with E-state index in [0.717, 1.165) is 12.1 Å². The zero-order valence-corrected chi connectivity index (χ0v) is 12.6. The van der Waals surface area contributed by atoms with E-state index in [9.17, 15) is 31.5 Å². The van der Waals surface area contributed by atoms with Gasteiger partial charge in [0, 0.05) is 12.3 Å². The van der Waals surface area contributed by atoms with E-state index in [-0.39, 0.29) is 12.0 Å². The lowest BCUT2D eigenvalue weighted by Gasteiger charge is -2.18. The summed E-state index contributed by atoms with van der Waals surface area (Å²) in [6.07, 6.45) is -8.56. The first-order valence-corrected chi connectivity index (χ1v) is 6.98. The van der Waals surface area contributed by atoms with Gasteiger partial charge in [-0.15, -0.1) is 0 Å². The van der Waals surface area contributed by atoms with E-state index in [0.29, 0.717) is 0 Å². The second kappa shape index (κ2) is 8.07. The highest BCUT2D eigenvalue weighted by atomic mass is 19.4. The smallest absolute Gasteiger partial charge is 0.416 e. The van der Waals surface area contributed by atoms with Gasteiger partial charge < -0.3 is 10.4 Å². The molecule has 2 atom stereocenters. The van der Waals surface area contributed by atoms with Gasteiger partial charge in [0.1, 0.15) is 6.04 Å². The van der Waals surface area contributed by atoms with Gasteiger partial charge in [0.2, 0.25) is 12.3 Å².